The Labute approximate surface area is 145 Å². The van der Waals surface area contributed by atoms with Gasteiger partial charge in [0.2, 0.25) is 0 Å². The molecule has 6 heteroatoms. The van der Waals surface area contributed by atoms with Crippen LogP contribution in [-0.4, -0.2) is 47.1 Å². The predicted octanol–water partition coefficient (Wildman–Crippen LogP) is 3.22. The highest BCUT2D eigenvalue weighted by Crippen LogP contribution is 2.25. The molecule has 1 N–H and O–H groups in total. The highest BCUT2D eigenvalue weighted by atomic mass is 32.1. The molecule has 1 aliphatic heterocycles. The van der Waals surface area contributed by atoms with Crippen molar-refractivity contribution in [3.63, 3.8) is 0 Å². The van der Waals surface area contributed by atoms with Crippen LogP contribution < -0.4 is 0 Å². The highest BCUT2D eigenvalue weighted by Gasteiger charge is 2.29. The first-order chi connectivity index (χ1) is 11.6. The molecule has 1 atom stereocenters. The summed E-state index contributed by atoms with van der Waals surface area (Å²) in [6, 6.07) is 8.12. The van der Waals surface area contributed by atoms with Gasteiger partial charge in [-0.1, -0.05) is 18.2 Å². The summed E-state index contributed by atoms with van der Waals surface area (Å²) in [5.74, 6) is -0.990. The Morgan fingerprint density at radius 1 is 1.21 bits per heavy atom. The van der Waals surface area contributed by atoms with Gasteiger partial charge in [-0.05, 0) is 41.4 Å². The van der Waals surface area contributed by atoms with Crippen LogP contribution in [0.25, 0.3) is 0 Å². The number of rotatable bonds is 5. The lowest BCUT2D eigenvalue weighted by atomic mass is 10.1. The van der Waals surface area contributed by atoms with Gasteiger partial charge in [-0.15, -0.1) is 0 Å². The molecule has 2 aromatic rings. The molecule has 24 heavy (non-hydrogen) atoms. The number of benzene rings is 1. The summed E-state index contributed by atoms with van der Waals surface area (Å²) >= 11 is 1.52. The van der Waals surface area contributed by atoms with Gasteiger partial charge in [0, 0.05) is 31.7 Å². The smallest absolute Gasteiger partial charge is 0.325 e. The molecule has 0 spiro atoms. The lowest BCUT2D eigenvalue weighted by Gasteiger charge is -2.27. The molecule has 0 amide bonds. The third-order valence-electron chi connectivity index (χ3n) is 4.43. The normalized spacial score (nSPS) is 18.2. The molecule has 1 aromatic carbocycles. The third kappa shape index (κ3) is 4.01. The minimum atomic E-state index is -0.809. The lowest BCUT2D eigenvalue weighted by molar-refractivity contribution is -0.143. The average molecular weight is 348 g/mol. The number of carbonyl (C=O) groups is 1. The fraction of sp³-hybridized carbons (Fsp3) is 0.389. The van der Waals surface area contributed by atoms with E-state index in [2.05, 4.69) is 4.90 Å². The van der Waals surface area contributed by atoms with Gasteiger partial charge in [-0.25, -0.2) is 4.39 Å². The molecule has 2 heterocycles. The van der Waals surface area contributed by atoms with E-state index >= 15 is 0 Å². The number of aliphatic carboxylic acids is 1. The van der Waals surface area contributed by atoms with E-state index in [1.54, 1.807) is 6.07 Å². The maximum atomic E-state index is 13.8. The topological polar surface area (TPSA) is 43.8 Å². The van der Waals surface area contributed by atoms with Crippen LogP contribution in [0.2, 0.25) is 0 Å². The second kappa shape index (κ2) is 7.88. The first kappa shape index (κ1) is 17.1. The molecule has 1 aromatic heterocycles. The van der Waals surface area contributed by atoms with Crippen LogP contribution >= 0.6 is 11.3 Å². The molecule has 1 fully saturated rings. The molecule has 1 aliphatic rings. The van der Waals surface area contributed by atoms with Crippen molar-refractivity contribution in [3.05, 3.63) is 58.0 Å². The molecule has 1 saturated heterocycles. The number of halogens is 1. The zero-order chi connectivity index (χ0) is 16.9. The van der Waals surface area contributed by atoms with Crippen molar-refractivity contribution in [2.45, 2.75) is 19.0 Å². The Balaban J connectivity index is 1.66. The number of carboxylic acids is 1. The van der Waals surface area contributed by atoms with Crippen molar-refractivity contribution in [2.75, 3.05) is 26.2 Å². The first-order valence-electron chi connectivity index (χ1n) is 8.10. The molecule has 3 rings (SSSR count). The predicted molar refractivity (Wildman–Crippen MR) is 92.6 cm³/mol. The van der Waals surface area contributed by atoms with Gasteiger partial charge >= 0.3 is 5.97 Å². The zero-order valence-corrected chi connectivity index (χ0v) is 14.2. The van der Waals surface area contributed by atoms with Crippen LogP contribution in [-0.2, 0) is 11.3 Å². The van der Waals surface area contributed by atoms with Crippen LogP contribution in [0.5, 0.6) is 0 Å². The van der Waals surface area contributed by atoms with Gasteiger partial charge in [-0.3, -0.25) is 14.6 Å². The Kier molecular flexibility index (Phi) is 5.60. The number of thiophene rings is 1. The molecule has 0 saturated carbocycles. The number of nitrogens with zero attached hydrogens (tertiary/aromatic N) is 2. The van der Waals surface area contributed by atoms with E-state index in [0.29, 0.717) is 18.7 Å². The quantitative estimate of drug-likeness (QED) is 0.901. The van der Waals surface area contributed by atoms with E-state index in [1.165, 1.54) is 17.4 Å². The minimum Gasteiger partial charge on any atom is -0.480 e. The van der Waals surface area contributed by atoms with E-state index in [-0.39, 0.29) is 5.82 Å². The van der Waals surface area contributed by atoms with E-state index in [4.69, 9.17) is 0 Å². The molecule has 0 unspecified atom stereocenters. The summed E-state index contributed by atoms with van der Waals surface area (Å²) in [7, 11) is 0. The van der Waals surface area contributed by atoms with E-state index in [0.717, 1.165) is 31.6 Å². The summed E-state index contributed by atoms with van der Waals surface area (Å²) in [6.07, 6.45) is 0.877. The average Bonchev–Trinajstić information content (AvgIpc) is 2.97. The molecule has 0 aliphatic carbocycles. The van der Waals surface area contributed by atoms with Crippen LogP contribution in [0.3, 0.4) is 0 Å². The number of hydrogen-bond donors (Lipinski definition) is 1. The number of hydrogen-bond acceptors (Lipinski definition) is 4. The van der Waals surface area contributed by atoms with Gasteiger partial charge in [0.15, 0.2) is 0 Å². The maximum Gasteiger partial charge on any atom is 0.325 e. The fourth-order valence-electron chi connectivity index (χ4n) is 3.21. The van der Waals surface area contributed by atoms with Crippen LogP contribution in [0, 0.1) is 5.82 Å². The van der Waals surface area contributed by atoms with Gasteiger partial charge in [-0.2, -0.15) is 11.3 Å². The molecule has 0 radical (unpaired) electrons. The maximum absolute atomic E-state index is 13.8. The second-order valence-electron chi connectivity index (χ2n) is 6.05. The minimum absolute atomic E-state index is 0.180. The first-order valence-corrected chi connectivity index (χ1v) is 9.04. The number of carboxylic acid groups (broad SMARTS) is 1. The lowest BCUT2D eigenvalue weighted by Crippen LogP contribution is -2.37. The standard InChI is InChI=1S/C18H21FN2O2S/c19-16-5-2-1-4-14(16)12-20-7-3-8-21(10-9-20)17(18(22)23)15-6-11-24-13-15/h1-2,4-6,11,13,17H,3,7-10,12H2,(H,22,23)/t17-/m0/s1. The van der Waals surface area contributed by atoms with Crippen molar-refractivity contribution in [2.24, 2.45) is 0 Å². The van der Waals surface area contributed by atoms with Crippen molar-refractivity contribution < 1.29 is 14.3 Å². The van der Waals surface area contributed by atoms with Gasteiger partial charge in [0.25, 0.3) is 0 Å². The molecular weight excluding hydrogens is 327 g/mol. The summed E-state index contributed by atoms with van der Waals surface area (Å²) in [5.41, 5.74) is 1.54. The SMILES string of the molecule is O=C(O)[C@H](c1ccsc1)N1CCCN(Cc2ccccc2F)CC1. The monoisotopic (exact) mass is 348 g/mol. The summed E-state index contributed by atoms with van der Waals surface area (Å²) < 4.78 is 13.8. The third-order valence-corrected chi connectivity index (χ3v) is 5.13. The Bertz CT molecular complexity index is 677. The van der Waals surface area contributed by atoms with Crippen LogP contribution in [0.15, 0.2) is 41.1 Å². The molecular formula is C18H21FN2O2S. The van der Waals surface area contributed by atoms with Crippen molar-refractivity contribution in [1.29, 1.82) is 0 Å². The summed E-state index contributed by atoms with van der Waals surface area (Å²) in [6.45, 7) is 3.56. The van der Waals surface area contributed by atoms with Crippen molar-refractivity contribution in [1.82, 2.24) is 9.80 Å². The summed E-state index contributed by atoms with van der Waals surface area (Å²) in [5, 5.41) is 13.4. The van der Waals surface area contributed by atoms with E-state index in [1.807, 2.05) is 33.9 Å². The molecule has 0 bridgehead atoms. The largest absolute Gasteiger partial charge is 0.480 e. The van der Waals surface area contributed by atoms with E-state index in [9.17, 15) is 14.3 Å². The molecule has 4 nitrogen and oxygen atoms in total. The van der Waals surface area contributed by atoms with Gasteiger partial charge in [0.1, 0.15) is 11.9 Å². The van der Waals surface area contributed by atoms with Gasteiger partial charge < -0.3 is 5.11 Å². The van der Waals surface area contributed by atoms with Crippen molar-refractivity contribution in [3.8, 4) is 0 Å². The molecule has 128 valence electrons. The fourth-order valence-corrected chi connectivity index (χ4v) is 3.89. The Hall–Kier alpha value is -1.76. The zero-order valence-electron chi connectivity index (χ0n) is 13.4. The second-order valence-corrected chi connectivity index (χ2v) is 6.83. The Morgan fingerprint density at radius 3 is 2.75 bits per heavy atom. The van der Waals surface area contributed by atoms with E-state index < -0.39 is 12.0 Å². The van der Waals surface area contributed by atoms with Crippen molar-refractivity contribution >= 4 is 17.3 Å². The summed E-state index contributed by atoms with van der Waals surface area (Å²) in [4.78, 5) is 15.9. The van der Waals surface area contributed by atoms with Crippen LogP contribution in [0.1, 0.15) is 23.6 Å². The highest BCUT2D eigenvalue weighted by molar-refractivity contribution is 7.08. The van der Waals surface area contributed by atoms with Gasteiger partial charge in [0.05, 0.1) is 0 Å². The van der Waals surface area contributed by atoms with Crippen LogP contribution in [0.4, 0.5) is 4.39 Å². The Morgan fingerprint density at radius 2 is 2.04 bits per heavy atom.